The smallest absolute Gasteiger partial charge is 0.433 e. The molecule has 2 aromatic heterocycles. The van der Waals surface area contributed by atoms with Crippen LogP contribution < -0.4 is 5.32 Å². The zero-order chi connectivity index (χ0) is 22.8. The molecule has 11 heteroatoms. The van der Waals surface area contributed by atoms with Gasteiger partial charge >= 0.3 is 12.1 Å². The van der Waals surface area contributed by atoms with Gasteiger partial charge in [-0.1, -0.05) is 11.8 Å². The highest BCUT2D eigenvalue weighted by atomic mass is 32.2. The largest absolute Gasteiger partial charge is 0.462 e. The number of esters is 1. The number of nitrogens with one attached hydrogen (secondary N) is 1. The van der Waals surface area contributed by atoms with Gasteiger partial charge in [-0.2, -0.15) is 13.2 Å². The molecule has 168 valence electrons. The van der Waals surface area contributed by atoms with E-state index in [9.17, 15) is 22.8 Å². The molecule has 1 amide bonds. The molecule has 1 aliphatic rings. The summed E-state index contributed by atoms with van der Waals surface area (Å²) in [7, 11) is 0. The summed E-state index contributed by atoms with van der Waals surface area (Å²) in [6, 6.07) is 0. The van der Waals surface area contributed by atoms with Gasteiger partial charge in [0.05, 0.1) is 17.9 Å². The van der Waals surface area contributed by atoms with Crippen LogP contribution in [0.1, 0.15) is 57.5 Å². The minimum Gasteiger partial charge on any atom is -0.462 e. The van der Waals surface area contributed by atoms with E-state index in [2.05, 4.69) is 15.3 Å². The fraction of sp³-hybridized carbons (Fsp3) is 0.500. The number of thioether (sulfide) groups is 1. The Morgan fingerprint density at radius 2 is 1.90 bits per heavy atom. The number of hydrogen-bond donors (Lipinski definition) is 1. The molecule has 0 atom stereocenters. The highest BCUT2D eigenvalue weighted by Gasteiger charge is 2.38. The van der Waals surface area contributed by atoms with E-state index in [1.807, 2.05) is 6.92 Å². The minimum absolute atomic E-state index is 0.0766. The summed E-state index contributed by atoms with van der Waals surface area (Å²) in [5, 5.41) is 2.95. The first kappa shape index (κ1) is 23.5. The summed E-state index contributed by atoms with van der Waals surface area (Å²) in [6.45, 7) is 5.48. The molecular weight excluding hydrogens is 451 g/mol. The van der Waals surface area contributed by atoms with Crippen molar-refractivity contribution in [1.29, 1.82) is 0 Å². The molecule has 3 rings (SSSR count). The Hall–Kier alpha value is -2.14. The molecule has 0 radical (unpaired) electrons. The summed E-state index contributed by atoms with van der Waals surface area (Å²) < 4.78 is 45.4. The maximum atomic E-state index is 13.4. The first-order valence-corrected chi connectivity index (χ1v) is 11.6. The average Bonchev–Trinajstić information content (AvgIpc) is 2.98. The summed E-state index contributed by atoms with van der Waals surface area (Å²) in [5.74, 6) is -1.18. The van der Waals surface area contributed by atoms with E-state index >= 15 is 0 Å². The molecule has 0 saturated carbocycles. The molecule has 6 nitrogen and oxygen atoms in total. The van der Waals surface area contributed by atoms with E-state index in [1.165, 1.54) is 11.3 Å². The maximum absolute atomic E-state index is 13.4. The Morgan fingerprint density at radius 3 is 2.58 bits per heavy atom. The number of halogens is 3. The highest BCUT2D eigenvalue weighted by Crippen LogP contribution is 2.36. The summed E-state index contributed by atoms with van der Waals surface area (Å²) in [5.41, 5.74) is 0.683. The molecule has 0 unspecified atom stereocenters. The van der Waals surface area contributed by atoms with Crippen LogP contribution in [-0.4, -0.2) is 34.2 Å². The molecule has 1 aliphatic carbocycles. The highest BCUT2D eigenvalue weighted by molar-refractivity contribution is 7.99. The first-order valence-electron chi connectivity index (χ1n) is 9.78. The van der Waals surface area contributed by atoms with Gasteiger partial charge in [-0.05, 0) is 52.0 Å². The second kappa shape index (κ2) is 9.56. The molecule has 0 saturated heterocycles. The van der Waals surface area contributed by atoms with Crippen molar-refractivity contribution in [3.05, 3.63) is 33.0 Å². The maximum Gasteiger partial charge on any atom is 0.433 e. The number of amides is 1. The lowest BCUT2D eigenvalue weighted by atomic mass is 9.94. The van der Waals surface area contributed by atoms with Crippen LogP contribution in [0.2, 0.25) is 0 Å². The summed E-state index contributed by atoms with van der Waals surface area (Å²) in [6.07, 6.45) is -2.33. The van der Waals surface area contributed by atoms with Crippen molar-refractivity contribution < 1.29 is 27.5 Å². The van der Waals surface area contributed by atoms with Crippen LogP contribution in [0.15, 0.2) is 5.16 Å². The molecule has 31 heavy (non-hydrogen) atoms. The summed E-state index contributed by atoms with van der Waals surface area (Å²) >= 11 is 2.09. The number of aromatic nitrogens is 2. The second-order valence-corrected chi connectivity index (χ2v) is 9.20. The number of anilines is 1. The van der Waals surface area contributed by atoms with E-state index in [0.717, 1.165) is 28.6 Å². The monoisotopic (exact) mass is 473 g/mol. The van der Waals surface area contributed by atoms with Crippen LogP contribution in [0.4, 0.5) is 18.2 Å². The molecule has 0 aromatic carbocycles. The van der Waals surface area contributed by atoms with Crippen molar-refractivity contribution in [1.82, 2.24) is 9.97 Å². The Kier molecular flexibility index (Phi) is 7.25. The van der Waals surface area contributed by atoms with Crippen molar-refractivity contribution in [2.24, 2.45) is 0 Å². The number of fused-ring (bicyclic) bond motifs is 1. The fourth-order valence-electron chi connectivity index (χ4n) is 3.33. The van der Waals surface area contributed by atoms with Crippen LogP contribution in [0.5, 0.6) is 0 Å². The fourth-order valence-corrected chi connectivity index (χ4v) is 5.05. The van der Waals surface area contributed by atoms with Crippen molar-refractivity contribution in [2.75, 3.05) is 17.7 Å². The predicted octanol–water partition coefficient (Wildman–Crippen LogP) is 4.96. The number of ether oxygens (including phenoxy) is 1. The lowest BCUT2D eigenvalue weighted by Gasteiger charge is -2.20. The first-order chi connectivity index (χ1) is 14.6. The number of nitrogens with zero attached hydrogens (tertiary/aromatic N) is 2. The second-order valence-electron chi connectivity index (χ2n) is 7.03. The van der Waals surface area contributed by atoms with Gasteiger partial charge in [0, 0.05) is 16.1 Å². The topological polar surface area (TPSA) is 81.2 Å². The number of thiophene rings is 1. The van der Waals surface area contributed by atoms with Gasteiger partial charge in [-0.15, -0.1) is 11.3 Å². The molecule has 0 fully saturated rings. The number of alkyl halides is 3. The zero-order valence-corrected chi connectivity index (χ0v) is 18.9. The zero-order valence-electron chi connectivity index (χ0n) is 17.3. The van der Waals surface area contributed by atoms with Crippen LogP contribution in [0.25, 0.3) is 0 Å². The van der Waals surface area contributed by atoms with E-state index in [-0.39, 0.29) is 23.1 Å². The Balaban J connectivity index is 1.75. The lowest BCUT2D eigenvalue weighted by molar-refractivity contribution is -0.142. The minimum atomic E-state index is -4.57. The van der Waals surface area contributed by atoms with Crippen LogP contribution in [0.3, 0.4) is 0 Å². The van der Waals surface area contributed by atoms with Crippen molar-refractivity contribution >= 4 is 40.0 Å². The number of carbonyl (C=O) groups is 2. The van der Waals surface area contributed by atoms with Crippen LogP contribution in [0, 0.1) is 13.8 Å². The molecular formula is C20H22F3N3O3S2. The Labute approximate surface area is 186 Å². The third-order valence-electron chi connectivity index (χ3n) is 4.88. The lowest BCUT2D eigenvalue weighted by Crippen LogP contribution is -2.20. The van der Waals surface area contributed by atoms with Gasteiger partial charge in [0.2, 0.25) is 5.91 Å². The van der Waals surface area contributed by atoms with Gasteiger partial charge in [0.15, 0.2) is 10.9 Å². The number of aryl methyl sites for hydroxylation is 2. The molecule has 2 aromatic rings. The van der Waals surface area contributed by atoms with E-state index in [0.29, 0.717) is 35.5 Å². The summed E-state index contributed by atoms with van der Waals surface area (Å²) in [4.78, 5) is 33.5. The van der Waals surface area contributed by atoms with E-state index in [4.69, 9.17) is 4.74 Å². The quantitative estimate of drug-likeness (QED) is 0.363. The standard InChI is InChI=1S/C20H22F3N3O3S2/c1-4-29-18(28)15-10(2)11(3)31-17(15)25-14(27)9-30-19-24-13-8-6-5-7-12(13)16(26-19)20(21,22)23/h4-9H2,1-3H3,(H,25,27). The van der Waals surface area contributed by atoms with Gasteiger partial charge in [0.1, 0.15) is 5.00 Å². The Bertz CT molecular complexity index is 1010. The predicted molar refractivity (Wildman–Crippen MR) is 113 cm³/mol. The van der Waals surface area contributed by atoms with Crippen molar-refractivity contribution in [2.45, 2.75) is 57.8 Å². The van der Waals surface area contributed by atoms with Crippen molar-refractivity contribution in [3.63, 3.8) is 0 Å². The number of carbonyl (C=O) groups excluding carboxylic acids is 2. The third-order valence-corrected chi connectivity index (χ3v) is 6.85. The van der Waals surface area contributed by atoms with Crippen molar-refractivity contribution in [3.8, 4) is 0 Å². The van der Waals surface area contributed by atoms with E-state index < -0.39 is 23.7 Å². The van der Waals surface area contributed by atoms with Gasteiger partial charge < -0.3 is 10.1 Å². The number of hydrogen-bond acceptors (Lipinski definition) is 7. The van der Waals surface area contributed by atoms with Gasteiger partial charge in [-0.3, -0.25) is 4.79 Å². The number of rotatable bonds is 6. The van der Waals surface area contributed by atoms with E-state index in [1.54, 1.807) is 13.8 Å². The molecule has 0 bridgehead atoms. The van der Waals surface area contributed by atoms with Gasteiger partial charge in [-0.25, -0.2) is 14.8 Å². The SMILES string of the molecule is CCOC(=O)c1c(NC(=O)CSc2nc3c(c(C(F)(F)F)n2)CCCC3)sc(C)c1C. The third kappa shape index (κ3) is 5.38. The Morgan fingerprint density at radius 1 is 1.19 bits per heavy atom. The molecule has 0 spiro atoms. The molecule has 2 heterocycles. The van der Waals surface area contributed by atoms with Gasteiger partial charge in [0.25, 0.3) is 0 Å². The molecule has 0 aliphatic heterocycles. The normalized spacial score (nSPS) is 13.6. The van der Waals surface area contributed by atoms with Crippen LogP contribution in [-0.2, 0) is 28.5 Å². The molecule has 1 N–H and O–H groups in total. The van der Waals surface area contributed by atoms with Crippen LogP contribution >= 0.6 is 23.1 Å². The average molecular weight is 474 g/mol.